The van der Waals surface area contributed by atoms with Gasteiger partial charge in [-0.25, -0.2) is 0 Å². The van der Waals surface area contributed by atoms with E-state index >= 15 is 0 Å². The first-order valence-electron chi connectivity index (χ1n) is 10.6. The second-order valence-corrected chi connectivity index (χ2v) is 11.4. The maximum Gasteiger partial charge on any atom is 0.313 e. The second kappa shape index (κ2) is 9.25. The average Bonchev–Trinajstić information content (AvgIpc) is 2.86. The number of hydrogen-bond acceptors (Lipinski definition) is 7. The van der Waals surface area contributed by atoms with Crippen molar-refractivity contribution < 1.29 is 33.3 Å². The summed E-state index contributed by atoms with van der Waals surface area (Å²) in [5, 5.41) is 0. The van der Waals surface area contributed by atoms with Crippen LogP contribution < -0.4 is 0 Å². The van der Waals surface area contributed by atoms with Gasteiger partial charge in [0.1, 0.15) is 0 Å². The fourth-order valence-corrected chi connectivity index (χ4v) is 2.80. The van der Waals surface area contributed by atoms with Crippen molar-refractivity contribution in [1.82, 2.24) is 0 Å². The molecular formula is C23H40O7. The maximum atomic E-state index is 12.5. The molecule has 0 amide bonds. The van der Waals surface area contributed by atoms with E-state index in [2.05, 4.69) is 0 Å². The summed E-state index contributed by atoms with van der Waals surface area (Å²) in [5.74, 6) is -1.57. The van der Waals surface area contributed by atoms with Crippen LogP contribution in [0.5, 0.6) is 0 Å². The van der Waals surface area contributed by atoms with Crippen LogP contribution in [0.4, 0.5) is 0 Å². The summed E-state index contributed by atoms with van der Waals surface area (Å²) in [6.07, 6.45) is -2.16. The van der Waals surface area contributed by atoms with Gasteiger partial charge in [0.25, 0.3) is 0 Å². The quantitative estimate of drug-likeness (QED) is 0.481. The Hall–Kier alpha value is -1.63. The van der Waals surface area contributed by atoms with E-state index in [9.17, 15) is 14.4 Å². The molecule has 0 aromatic carbocycles. The summed E-state index contributed by atoms with van der Waals surface area (Å²) < 4.78 is 22.8. The molecule has 0 radical (unpaired) electrons. The third kappa shape index (κ3) is 6.96. The number of carbonyl (C=O) groups excluding carboxylic acids is 3. The lowest BCUT2D eigenvalue weighted by molar-refractivity contribution is -0.208. The molecule has 7 nitrogen and oxygen atoms in total. The van der Waals surface area contributed by atoms with Crippen molar-refractivity contribution in [3.8, 4) is 0 Å². The van der Waals surface area contributed by atoms with E-state index in [0.29, 0.717) is 0 Å². The highest BCUT2D eigenvalue weighted by Gasteiger charge is 2.50. The maximum absolute atomic E-state index is 12.5. The highest BCUT2D eigenvalue weighted by Crippen LogP contribution is 2.37. The van der Waals surface area contributed by atoms with E-state index in [1.54, 1.807) is 62.3 Å². The van der Waals surface area contributed by atoms with Crippen LogP contribution in [0.25, 0.3) is 0 Å². The molecule has 0 N–H and O–H groups in total. The van der Waals surface area contributed by atoms with Crippen molar-refractivity contribution >= 4 is 17.9 Å². The predicted molar refractivity (Wildman–Crippen MR) is 112 cm³/mol. The molecule has 30 heavy (non-hydrogen) atoms. The number of hydrogen-bond donors (Lipinski definition) is 0. The molecule has 1 fully saturated rings. The Morgan fingerprint density at radius 3 is 1.67 bits per heavy atom. The molecule has 1 saturated heterocycles. The highest BCUT2D eigenvalue weighted by molar-refractivity contribution is 5.76. The van der Waals surface area contributed by atoms with Crippen molar-refractivity contribution in [1.29, 1.82) is 0 Å². The fourth-order valence-electron chi connectivity index (χ4n) is 2.80. The summed E-state index contributed by atoms with van der Waals surface area (Å²) in [6.45, 7) is 19.8. The molecule has 0 aliphatic carbocycles. The van der Waals surface area contributed by atoms with Gasteiger partial charge in [-0.3, -0.25) is 14.4 Å². The molecule has 5 atom stereocenters. The molecule has 0 aromatic rings. The average molecular weight is 429 g/mol. The van der Waals surface area contributed by atoms with Crippen molar-refractivity contribution in [2.45, 2.75) is 94.7 Å². The minimum atomic E-state index is -1.01. The standard InChI is InChI=1S/C23H40O7/c1-13(12-27-18(24)21(3,4)5)15-14(2)16(29-19(25)22(6,7)8)17(28-15)30-20(26)23(9,10)11/h13-17H,12H2,1-11H3/t13-,14+,15+,16-,17+/m1/s1. The normalized spacial score (nSPS) is 26.1. The third-order valence-corrected chi connectivity index (χ3v) is 4.94. The van der Waals surface area contributed by atoms with E-state index in [1.165, 1.54) is 0 Å². The molecule has 0 bridgehead atoms. The van der Waals surface area contributed by atoms with Crippen LogP contribution in [0, 0.1) is 28.1 Å². The fraction of sp³-hybridized carbons (Fsp3) is 0.870. The predicted octanol–water partition coefficient (Wildman–Crippen LogP) is 4.12. The van der Waals surface area contributed by atoms with Crippen LogP contribution in [0.2, 0.25) is 0 Å². The van der Waals surface area contributed by atoms with Crippen molar-refractivity contribution in [2.24, 2.45) is 28.1 Å². The first-order chi connectivity index (χ1) is 13.4. The van der Waals surface area contributed by atoms with Crippen LogP contribution in [0.1, 0.15) is 76.2 Å². The van der Waals surface area contributed by atoms with Gasteiger partial charge in [0.15, 0.2) is 6.10 Å². The summed E-state index contributed by atoms with van der Waals surface area (Å²) in [7, 11) is 0. The van der Waals surface area contributed by atoms with Crippen molar-refractivity contribution in [3.05, 3.63) is 0 Å². The minimum Gasteiger partial charge on any atom is -0.465 e. The summed E-state index contributed by atoms with van der Waals surface area (Å²) in [6, 6.07) is 0. The Kier molecular flexibility index (Phi) is 8.14. The molecule has 7 heteroatoms. The topological polar surface area (TPSA) is 88.1 Å². The number of carbonyl (C=O) groups is 3. The zero-order valence-corrected chi connectivity index (χ0v) is 20.5. The highest BCUT2D eigenvalue weighted by atomic mass is 16.7. The van der Waals surface area contributed by atoms with Gasteiger partial charge >= 0.3 is 17.9 Å². The second-order valence-electron chi connectivity index (χ2n) is 11.4. The largest absolute Gasteiger partial charge is 0.465 e. The van der Waals surface area contributed by atoms with Gasteiger partial charge in [0.05, 0.1) is 29.0 Å². The van der Waals surface area contributed by atoms with E-state index in [4.69, 9.17) is 18.9 Å². The molecule has 1 heterocycles. The molecule has 1 aliphatic rings. The van der Waals surface area contributed by atoms with Gasteiger partial charge in [0.2, 0.25) is 6.29 Å². The Morgan fingerprint density at radius 2 is 1.23 bits per heavy atom. The van der Waals surface area contributed by atoms with E-state index < -0.39 is 46.7 Å². The lowest BCUT2D eigenvalue weighted by Crippen LogP contribution is -2.40. The van der Waals surface area contributed by atoms with Crippen molar-refractivity contribution in [2.75, 3.05) is 6.61 Å². The molecule has 0 spiro atoms. The molecule has 1 aliphatic heterocycles. The van der Waals surface area contributed by atoms with Crippen LogP contribution >= 0.6 is 0 Å². The van der Waals surface area contributed by atoms with Gasteiger partial charge in [-0.05, 0) is 62.3 Å². The Labute approximate surface area is 181 Å². The minimum absolute atomic E-state index is 0.158. The molecule has 1 rings (SSSR count). The third-order valence-electron chi connectivity index (χ3n) is 4.94. The Balaban J connectivity index is 2.98. The SMILES string of the molecule is C[C@H]1[C@H]([C@H](C)COC(=O)C(C)(C)C)O[C@@H](OC(=O)C(C)(C)C)[C@@H]1OC(=O)C(C)(C)C. The molecule has 0 aromatic heterocycles. The molecular weight excluding hydrogens is 388 g/mol. The summed E-state index contributed by atoms with van der Waals surface area (Å²) >= 11 is 0. The number of esters is 3. The zero-order valence-electron chi connectivity index (χ0n) is 20.5. The first kappa shape index (κ1) is 26.4. The number of rotatable bonds is 5. The lowest BCUT2D eigenvalue weighted by Gasteiger charge is -2.27. The van der Waals surface area contributed by atoms with Gasteiger partial charge in [-0.15, -0.1) is 0 Å². The van der Waals surface area contributed by atoms with E-state index in [1.807, 2.05) is 13.8 Å². The molecule has 0 saturated carbocycles. The van der Waals surface area contributed by atoms with E-state index in [0.717, 1.165) is 0 Å². The van der Waals surface area contributed by atoms with Gasteiger partial charge in [0, 0.05) is 11.8 Å². The Morgan fingerprint density at radius 1 is 0.800 bits per heavy atom. The monoisotopic (exact) mass is 428 g/mol. The van der Waals surface area contributed by atoms with Crippen molar-refractivity contribution in [3.63, 3.8) is 0 Å². The smallest absolute Gasteiger partial charge is 0.313 e. The summed E-state index contributed by atoms with van der Waals surface area (Å²) in [5.41, 5.74) is -2.03. The van der Waals surface area contributed by atoms with E-state index in [-0.39, 0.29) is 24.4 Å². The van der Waals surface area contributed by atoms with Crippen LogP contribution in [-0.2, 0) is 33.3 Å². The first-order valence-corrected chi connectivity index (χ1v) is 10.6. The van der Waals surface area contributed by atoms with Crippen LogP contribution in [0.15, 0.2) is 0 Å². The zero-order chi connectivity index (χ0) is 23.7. The lowest BCUT2D eigenvalue weighted by atomic mass is 9.91. The van der Waals surface area contributed by atoms with Gasteiger partial charge < -0.3 is 18.9 Å². The van der Waals surface area contributed by atoms with Gasteiger partial charge in [-0.1, -0.05) is 13.8 Å². The Bertz CT molecular complexity index is 633. The van der Waals surface area contributed by atoms with Crippen LogP contribution in [0.3, 0.4) is 0 Å². The molecule has 174 valence electrons. The summed E-state index contributed by atoms with van der Waals surface area (Å²) in [4.78, 5) is 37.1. The van der Waals surface area contributed by atoms with Crippen LogP contribution in [-0.4, -0.2) is 43.0 Å². The number of ether oxygens (including phenoxy) is 4. The van der Waals surface area contributed by atoms with Gasteiger partial charge in [-0.2, -0.15) is 0 Å². The molecule has 0 unspecified atom stereocenters.